The van der Waals surface area contributed by atoms with Crippen molar-refractivity contribution in [2.24, 2.45) is 0 Å². The van der Waals surface area contributed by atoms with Crippen molar-refractivity contribution in [1.29, 1.82) is 0 Å². The van der Waals surface area contributed by atoms with Gasteiger partial charge in [0.25, 0.3) is 5.91 Å². The first-order valence-electron chi connectivity index (χ1n) is 6.08. The molecule has 0 spiro atoms. The van der Waals surface area contributed by atoms with Gasteiger partial charge in [0.15, 0.2) is 5.13 Å². The molecule has 1 amide bonds. The van der Waals surface area contributed by atoms with Gasteiger partial charge in [-0.15, -0.1) is 11.3 Å². The Morgan fingerprint density at radius 3 is 2.53 bits per heavy atom. The number of nitrogens with one attached hydrogen (secondary N) is 1. The largest absolute Gasteiger partial charge is 0.494 e. The summed E-state index contributed by atoms with van der Waals surface area (Å²) in [5.74, 6) is 0.608. The van der Waals surface area contributed by atoms with Crippen LogP contribution in [0.2, 0.25) is 0 Å². The van der Waals surface area contributed by atoms with Gasteiger partial charge in [-0.1, -0.05) is 0 Å². The molecule has 0 bridgehead atoms. The fraction of sp³-hybridized carbons (Fsp3) is 0.286. The van der Waals surface area contributed by atoms with Crippen LogP contribution in [-0.4, -0.2) is 17.5 Å². The molecule has 0 aliphatic carbocycles. The van der Waals surface area contributed by atoms with E-state index in [9.17, 15) is 4.79 Å². The Kier molecular flexibility index (Phi) is 4.16. The summed E-state index contributed by atoms with van der Waals surface area (Å²) in [4.78, 5) is 17.4. The lowest BCUT2D eigenvalue weighted by Crippen LogP contribution is -2.11. The topological polar surface area (TPSA) is 51.2 Å². The zero-order valence-electron chi connectivity index (χ0n) is 11.2. The van der Waals surface area contributed by atoms with Crippen LogP contribution in [0.25, 0.3) is 0 Å². The van der Waals surface area contributed by atoms with E-state index in [1.54, 1.807) is 24.3 Å². The van der Waals surface area contributed by atoms with Crippen molar-refractivity contribution in [2.45, 2.75) is 20.8 Å². The molecule has 4 nitrogen and oxygen atoms in total. The van der Waals surface area contributed by atoms with E-state index in [-0.39, 0.29) is 5.91 Å². The van der Waals surface area contributed by atoms with Gasteiger partial charge in [-0.3, -0.25) is 10.1 Å². The molecule has 1 heterocycles. The molecule has 0 saturated carbocycles. The standard InChI is InChI=1S/C14H16N2O2S/c1-4-18-12-7-5-11(6-8-12)13(17)16-14-15-9(2)10(3)19-14/h5-8H,4H2,1-3H3,(H,15,16,17). The van der Waals surface area contributed by atoms with E-state index in [4.69, 9.17) is 4.74 Å². The highest BCUT2D eigenvalue weighted by molar-refractivity contribution is 7.15. The maximum Gasteiger partial charge on any atom is 0.257 e. The summed E-state index contributed by atoms with van der Waals surface area (Å²) in [6, 6.07) is 7.06. The van der Waals surface area contributed by atoms with E-state index in [1.807, 2.05) is 20.8 Å². The van der Waals surface area contributed by atoms with E-state index in [0.717, 1.165) is 16.3 Å². The van der Waals surface area contributed by atoms with Gasteiger partial charge in [0.1, 0.15) is 5.75 Å². The third-order valence-electron chi connectivity index (χ3n) is 2.68. The average Bonchev–Trinajstić information content (AvgIpc) is 2.69. The Morgan fingerprint density at radius 1 is 1.32 bits per heavy atom. The zero-order chi connectivity index (χ0) is 13.8. The molecule has 0 unspecified atom stereocenters. The first-order valence-corrected chi connectivity index (χ1v) is 6.90. The number of thiazole rings is 1. The number of benzene rings is 1. The maximum absolute atomic E-state index is 12.0. The summed E-state index contributed by atoms with van der Waals surface area (Å²) < 4.78 is 5.34. The molecule has 1 N–H and O–H groups in total. The van der Waals surface area contributed by atoms with Gasteiger partial charge in [0.05, 0.1) is 12.3 Å². The summed E-state index contributed by atoms with van der Waals surface area (Å²) in [5.41, 5.74) is 1.54. The van der Waals surface area contributed by atoms with E-state index in [1.165, 1.54) is 11.3 Å². The van der Waals surface area contributed by atoms with Gasteiger partial charge < -0.3 is 4.74 Å². The molecule has 19 heavy (non-hydrogen) atoms. The third-order valence-corrected chi connectivity index (χ3v) is 3.66. The summed E-state index contributed by atoms with van der Waals surface area (Å²) in [6.07, 6.45) is 0. The number of amides is 1. The molecule has 2 rings (SSSR count). The third kappa shape index (κ3) is 3.32. The first kappa shape index (κ1) is 13.5. The van der Waals surface area contributed by atoms with Crippen molar-refractivity contribution in [3.63, 3.8) is 0 Å². The molecular formula is C14H16N2O2S. The molecule has 1 aromatic carbocycles. The molecule has 5 heteroatoms. The number of anilines is 1. The second-order valence-electron chi connectivity index (χ2n) is 4.07. The molecule has 0 radical (unpaired) electrons. The monoisotopic (exact) mass is 276 g/mol. The highest BCUT2D eigenvalue weighted by Crippen LogP contribution is 2.22. The molecule has 1 aromatic heterocycles. The van der Waals surface area contributed by atoms with Crippen LogP contribution in [0.15, 0.2) is 24.3 Å². The highest BCUT2D eigenvalue weighted by atomic mass is 32.1. The van der Waals surface area contributed by atoms with Crippen LogP contribution in [0.4, 0.5) is 5.13 Å². The molecule has 0 aliphatic rings. The van der Waals surface area contributed by atoms with Crippen LogP contribution in [0.3, 0.4) is 0 Å². The molecule has 0 atom stereocenters. The Balaban J connectivity index is 2.07. The van der Waals surface area contributed by atoms with Crippen LogP contribution >= 0.6 is 11.3 Å². The number of hydrogen-bond acceptors (Lipinski definition) is 4. The number of hydrogen-bond donors (Lipinski definition) is 1. The summed E-state index contributed by atoms with van der Waals surface area (Å²) in [7, 11) is 0. The number of aryl methyl sites for hydroxylation is 2. The minimum absolute atomic E-state index is 0.156. The Bertz CT molecular complexity index is 556. The van der Waals surface area contributed by atoms with Crippen molar-refractivity contribution in [2.75, 3.05) is 11.9 Å². The van der Waals surface area contributed by atoms with Gasteiger partial charge in [0, 0.05) is 10.4 Å². The van der Waals surface area contributed by atoms with Crippen molar-refractivity contribution in [3.05, 3.63) is 40.4 Å². The normalized spacial score (nSPS) is 10.3. The molecule has 100 valence electrons. The Labute approximate surface area is 116 Å². The number of carbonyl (C=O) groups is 1. The number of ether oxygens (including phenoxy) is 1. The van der Waals surface area contributed by atoms with Crippen LogP contribution in [0, 0.1) is 13.8 Å². The van der Waals surface area contributed by atoms with Crippen LogP contribution in [0.5, 0.6) is 5.75 Å². The SMILES string of the molecule is CCOc1ccc(C(=O)Nc2nc(C)c(C)s2)cc1. The second kappa shape index (κ2) is 5.84. The lowest BCUT2D eigenvalue weighted by atomic mass is 10.2. The molecule has 0 saturated heterocycles. The first-order chi connectivity index (χ1) is 9.10. The zero-order valence-corrected chi connectivity index (χ0v) is 12.0. The quantitative estimate of drug-likeness (QED) is 0.931. The number of rotatable bonds is 4. The highest BCUT2D eigenvalue weighted by Gasteiger charge is 2.10. The van der Waals surface area contributed by atoms with Crippen molar-refractivity contribution >= 4 is 22.4 Å². The number of aromatic nitrogens is 1. The van der Waals surface area contributed by atoms with Crippen molar-refractivity contribution in [3.8, 4) is 5.75 Å². The fourth-order valence-electron chi connectivity index (χ4n) is 1.56. The van der Waals surface area contributed by atoms with Gasteiger partial charge in [-0.25, -0.2) is 4.98 Å². The van der Waals surface area contributed by atoms with E-state index in [2.05, 4.69) is 10.3 Å². The number of nitrogens with zero attached hydrogens (tertiary/aromatic N) is 1. The summed E-state index contributed by atoms with van der Waals surface area (Å²) in [6.45, 7) is 6.45. The Morgan fingerprint density at radius 2 is 2.00 bits per heavy atom. The summed E-state index contributed by atoms with van der Waals surface area (Å²) >= 11 is 1.48. The molecule has 2 aromatic rings. The average molecular weight is 276 g/mol. The maximum atomic E-state index is 12.0. The molecule has 0 fully saturated rings. The number of carbonyl (C=O) groups excluding carboxylic acids is 1. The van der Waals surface area contributed by atoms with Gasteiger partial charge in [0.2, 0.25) is 0 Å². The minimum Gasteiger partial charge on any atom is -0.494 e. The fourth-order valence-corrected chi connectivity index (χ4v) is 2.37. The van der Waals surface area contributed by atoms with E-state index >= 15 is 0 Å². The van der Waals surface area contributed by atoms with Crippen LogP contribution in [0.1, 0.15) is 27.9 Å². The van der Waals surface area contributed by atoms with Crippen molar-refractivity contribution in [1.82, 2.24) is 4.98 Å². The van der Waals surface area contributed by atoms with E-state index in [0.29, 0.717) is 17.3 Å². The molecule has 0 aliphatic heterocycles. The molecular weight excluding hydrogens is 260 g/mol. The lowest BCUT2D eigenvalue weighted by molar-refractivity contribution is 0.102. The van der Waals surface area contributed by atoms with Gasteiger partial charge in [-0.2, -0.15) is 0 Å². The summed E-state index contributed by atoms with van der Waals surface area (Å²) in [5, 5.41) is 3.43. The predicted molar refractivity (Wildman–Crippen MR) is 77.2 cm³/mol. The lowest BCUT2D eigenvalue weighted by Gasteiger charge is -2.04. The van der Waals surface area contributed by atoms with Gasteiger partial charge >= 0.3 is 0 Å². The Hall–Kier alpha value is -1.88. The van der Waals surface area contributed by atoms with E-state index < -0.39 is 0 Å². The minimum atomic E-state index is -0.156. The van der Waals surface area contributed by atoms with Gasteiger partial charge in [-0.05, 0) is 45.0 Å². The van der Waals surface area contributed by atoms with Crippen molar-refractivity contribution < 1.29 is 9.53 Å². The predicted octanol–water partition coefficient (Wildman–Crippen LogP) is 3.41. The smallest absolute Gasteiger partial charge is 0.257 e. The van der Waals surface area contributed by atoms with Crippen LogP contribution < -0.4 is 10.1 Å². The van der Waals surface area contributed by atoms with Crippen LogP contribution in [-0.2, 0) is 0 Å². The second-order valence-corrected chi connectivity index (χ2v) is 5.28.